The van der Waals surface area contributed by atoms with Gasteiger partial charge in [-0.25, -0.2) is 0 Å². The minimum Gasteiger partial charge on any atom is -0.494 e. The van der Waals surface area contributed by atoms with E-state index in [9.17, 15) is 0 Å². The first kappa shape index (κ1) is 14.7. The molecule has 0 saturated carbocycles. The van der Waals surface area contributed by atoms with Crippen molar-refractivity contribution in [1.29, 1.82) is 0 Å². The van der Waals surface area contributed by atoms with Crippen LogP contribution in [0.3, 0.4) is 0 Å². The third-order valence-corrected chi connectivity index (χ3v) is 3.31. The summed E-state index contributed by atoms with van der Waals surface area (Å²) in [5, 5.41) is 3.59. The van der Waals surface area contributed by atoms with Gasteiger partial charge < -0.3 is 14.5 Å². The molecule has 0 aliphatic rings. The SMILES string of the molecule is CCOc1ccc(C(C)NC(C)Cc2ccco2)cc1. The molecule has 0 fully saturated rings. The van der Waals surface area contributed by atoms with Gasteiger partial charge in [-0.2, -0.15) is 0 Å². The van der Waals surface area contributed by atoms with E-state index < -0.39 is 0 Å². The summed E-state index contributed by atoms with van der Waals surface area (Å²) in [6.07, 6.45) is 2.62. The lowest BCUT2D eigenvalue weighted by atomic mass is 10.1. The molecule has 1 aromatic carbocycles. The Balaban J connectivity index is 1.88. The Morgan fingerprint density at radius 1 is 1.15 bits per heavy atom. The van der Waals surface area contributed by atoms with Crippen LogP contribution in [0.4, 0.5) is 0 Å². The summed E-state index contributed by atoms with van der Waals surface area (Å²) in [6, 6.07) is 12.9. The molecule has 1 heterocycles. The van der Waals surface area contributed by atoms with Gasteiger partial charge in [0.05, 0.1) is 12.9 Å². The molecule has 1 N–H and O–H groups in total. The number of hydrogen-bond acceptors (Lipinski definition) is 3. The summed E-state index contributed by atoms with van der Waals surface area (Å²) in [6.45, 7) is 7.05. The molecule has 2 aromatic rings. The third-order valence-electron chi connectivity index (χ3n) is 3.31. The molecule has 0 bridgehead atoms. The predicted molar refractivity (Wildman–Crippen MR) is 81.0 cm³/mol. The number of benzene rings is 1. The van der Waals surface area contributed by atoms with Crippen LogP contribution in [-0.4, -0.2) is 12.6 Å². The van der Waals surface area contributed by atoms with E-state index in [1.54, 1.807) is 6.26 Å². The minimum atomic E-state index is 0.302. The highest BCUT2D eigenvalue weighted by molar-refractivity contribution is 5.29. The van der Waals surface area contributed by atoms with Crippen LogP contribution >= 0.6 is 0 Å². The van der Waals surface area contributed by atoms with Crippen LogP contribution in [0.5, 0.6) is 5.75 Å². The molecule has 2 rings (SSSR count). The summed E-state index contributed by atoms with van der Waals surface area (Å²) >= 11 is 0. The Labute approximate surface area is 121 Å². The average molecular weight is 273 g/mol. The molecule has 0 aliphatic heterocycles. The lowest BCUT2D eigenvalue weighted by Gasteiger charge is -2.20. The van der Waals surface area contributed by atoms with Gasteiger partial charge in [0, 0.05) is 18.5 Å². The molecule has 2 unspecified atom stereocenters. The fraction of sp³-hybridized carbons (Fsp3) is 0.412. The summed E-state index contributed by atoms with van der Waals surface area (Å²) < 4.78 is 10.8. The Bertz CT molecular complexity index is 490. The van der Waals surface area contributed by atoms with E-state index in [0.29, 0.717) is 18.7 Å². The second kappa shape index (κ2) is 7.15. The molecule has 0 saturated heterocycles. The first-order valence-electron chi connectivity index (χ1n) is 7.20. The maximum Gasteiger partial charge on any atom is 0.119 e. The number of nitrogens with one attached hydrogen (secondary N) is 1. The summed E-state index contributed by atoms with van der Waals surface area (Å²) in [4.78, 5) is 0. The van der Waals surface area contributed by atoms with Gasteiger partial charge in [-0.15, -0.1) is 0 Å². The molecule has 3 nitrogen and oxygen atoms in total. The number of furan rings is 1. The zero-order chi connectivity index (χ0) is 14.4. The third kappa shape index (κ3) is 4.14. The van der Waals surface area contributed by atoms with Crippen LogP contribution in [0.15, 0.2) is 47.1 Å². The normalized spacial score (nSPS) is 13.9. The van der Waals surface area contributed by atoms with Crippen molar-refractivity contribution in [2.45, 2.75) is 39.3 Å². The first-order valence-corrected chi connectivity index (χ1v) is 7.20. The Kier molecular flexibility index (Phi) is 5.24. The monoisotopic (exact) mass is 273 g/mol. The van der Waals surface area contributed by atoms with Crippen LogP contribution in [0.2, 0.25) is 0 Å². The predicted octanol–water partition coefficient (Wildman–Crippen LogP) is 3.96. The molecule has 3 heteroatoms. The van der Waals surface area contributed by atoms with Gasteiger partial charge in [0.25, 0.3) is 0 Å². The largest absolute Gasteiger partial charge is 0.494 e. The lowest BCUT2D eigenvalue weighted by Crippen LogP contribution is -2.30. The van der Waals surface area contributed by atoms with Crippen molar-refractivity contribution in [3.05, 3.63) is 54.0 Å². The molecule has 20 heavy (non-hydrogen) atoms. The zero-order valence-electron chi connectivity index (χ0n) is 12.4. The van der Waals surface area contributed by atoms with Crippen LogP contribution < -0.4 is 10.1 Å². The standard InChI is InChI=1S/C17H23NO2/c1-4-19-16-9-7-15(8-10-16)14(3)18-13(2)12-17-6-5-11-20-17/h5-11,13-14,18H,4,12H2,1-3H3. The molecule has 2 atom stereocenters. The van der Waals surface area contributed by atoms with Crippen LogP contribution in [-0.2, 0) is 6.42 Å². The van der Waals surface area contributed by atoms with Crippen molar-refractivity contribution in [2.24, 2.45) is 0 Å². The molecular weight excluding hydrogens is 250 g/mol. The topological polar surface area (TPSA) is 34.4 Å². The Morgan fingerprint density at radius 3 is 2.50 bits per heavy atom. The first-order chi connectivity index (χ1) is 9.69. The van der Waals surface area contributed by atoms with Crippen molar-refractivity contribution in [3.8, 4) is 5.75 Å². The van der Waals surface area contributed by atoms with Crippen LogP contribution in [0, 0.1) is 0 Å². The minimum absolute atomic E-state index is 0.302. The van der Waals surface area contributed by atoms with E-state index in [0.717, 1.165) is 17.9 Å². The molecule has 108 valence electrons. The van der Waals surface area contributed by atoms with Crippen molar-refractivity contribution in [2.75, 3.05) is 6.61 Å². The highest BCUT2D eigenvalue weighted by atomic mass is 16.5. The molecule has 1 aromatic heterocycles. The average Bonchev–Trinajstić information content (AvgIpc) is 2.92. The van der Waals surface area contributed by atoms with Gasteiger partial charge in [0.15, 0.2) is 0 Å². The van der Waals surface area contributed by atoms with E-state index in [2.05, 4.69) is 31.3 Å². The Hall–Kier alpha value is -1.74. The molecule has 0 spiro atoms. The van der Waals surface area contributed by atoms with E-state index in [1.807, 2.05) is 31.2 Å². The summed E-state index contributed by atoms with van der Waals surface area (Å²) in [7, 11) is 0. The van der Waals surface area contributed by atoms with Gasteiger partial charge in [-0.05, 0) is 50.6 Å². The van der Waals surface area contributed by atoms with Crippen LogP contribution in [0.25, 0.3) is 0 Å². The van der Waals surface area contributed by atoms with Gasteiger partial charge in [0.1, 0.15) is 11.5 Å². The zero-order valence-corrected chi connectivity index (χ0v) is 12.4. The molecule has 0 aliphatic carbocycles. The smallest absolute Gasteiger partial charge is 0.119 e. The van der Waals surface area contributed by atoms with Gasteiger partial charge in [0.2, 0.25) is 0 Å². The van der Waals surface area contributed by atoms with E-state index in [4.69, 9.17) is 9.15 Å². The number of rotatable bonds is 7. The molecular formula is C17H23NO2. The maximum absolute atomic E-state index is 5.46. The van der Waals surface area contributed by atoms with Crippen LogP contribution in [0.1, 0.15) is 38.1 Å². The highest BCUT2D eigenvalue weighted by Gasteiger charge is 2.11. The van der Waals surface area contributed by atoms with Crippen molar-refractivity contribution in [1.82, 2.24) is 5.32 Å². The number of ether oxygens (including phenoxy) is 1. The lowest BCUT2D eigenvalue weighted by molar-refractivity contribution is 0.340. The van der Waals surface area contributed by atoms with Gasteiger partial charge in [-0.1, -0.05) is 12.1 Å². The highest BCUT2D eigenvalue weighted by Crippen LogP contribution is 2.18. The van der Waals surface area contributed by atoms with Gasteiger partial charge >= 0.3 is 0 Å². The quantitative estimate of drug-likeness (QED) is 0.829. The van der Waals surface area contributed by atoms with Crippen molar-refractivity contribution in [3.63, 3.8) is 0 Å². The molecule has 0 amide bonds. The Morgan fingerprint density at radius 2 is 1.90 bits per heavy atom. The van der Waals surface area contributed by atoms with Crippen molar-refractivity contribution >= 4 is 0 Å². The van der Waals surface area contributed by atoms with Gasteiger partial charge in [-0.3, -0.25) is 0 Å². The number of hydrogen-bond donors (Lipinski definition) is 1. The van der Waals surface area contributed by atoms with E-state index in [-0.39, 0.29) is 0 Å². The van der Waals surface area contributed by atoms with E-state index in [1.165, 1.54) is 5.56 Å². The second-order valence-corrected chi connectivity index (χ2v) is 5.07. The summed E-state index contributed by atoms with van der Waals surface area (Å²) in [5.74, 6) is 1.94. The fourth-order valence-corrected chi connectivity index (χ4v) is 2.33. The maximum atomic E-state index is 5.46. The van der Waals surface area contributed by atoms with Crippen molar-refractivity contribution < 1.29 is 9.15 Å². The fourth-order valence-electron chi connectivity index (χ4n) is 2.33. The molecule has 0 radical (unpaired) electrons. The van der Waals surface area contributed by atoms with E-state index >= 15 is 0 Å². The summed E-state index contributed by atoms with van der Waals surface area (Å²) in [5.41, 5.74) is 1.26. The second-order valence-electron chi connectivity index (χ2n) is 5.07.